The predicted molar refractivity (Wildman–Crippen MR) is 110 cm³/mol. The molecule has 154 valence electrons. The molecule has 29 heavy (non-hydrogen) atoms. The Balaban J connectivity index is 1.53. The van der Waals surface area contributed by atoms with Gasteiger partial charge in [0.05, 0.1) is 19.3 Å². The molecule has 0 saturated carbocycles. The van der Waals surface area contributed by atoms with E-state index in [0.717, 1.165) is 11.1 Å². The number of ketones is 1. The van der Waals surface area contributed by atoms with Crippen LogP contribution in [0, 0.1) is 0 Å². The number of hydrogen-bond donors (Lipinski definition) is 1. The average molecular weight is 395 g/mol. The van der Waals surface area contributed by atoms with Crippen molar-refractivity contribution in [3.8, 4) is 0 Å². The van der Waals surface area contributed by atoms with Crippen LogP contribution in [-0.2, 0) is 27.5 Å². The number of Topliss-reactive ketones (excluding diaryl/α,β-unsaturated/α-hetero) is 1. The number of benzene rings is 2. The lowest BCUT2D eigenvalue weighted by molar-refractivity contribution is -0.199. The van der Waals surface area contributed by atoms with Crippen molar-refractivity contribution in [3.05, 3.63) is 71.8 Å². The van der Waals surface area contributed by atoms with Crippen molar-refractivity contribution >= 4 is 5.78 Å². The zero-order chi connectivity index (χ0) is 20.2. The molecule has 0 radical (unpaired) electrons. The Hall–Kier alpha value is -2.05. The topological polar surface area (TPSA) is 59.0 Å². The van der Waals surface area contributed by atoms with E-state index in [1.807, 2.05) is 60.7 Å². The first kappa shape index (κ1) is 20.2. The molecule has 0 amide bonds. The zero-order valence-corrected chi connectivity index (χ0v) is 16.8. The first-order valence-corrected chi connectivity index (χ1v) is 10.4. The number of piperidine rings is 2. The Bertz CT molecular complexity index is 797. The molecule has 5 heteroatoms. The summed E-state index contributed by atoms with van der Waals surface area (Å²) >= 11 is 0. The van der Waals surface area contributed by atoms with E-state index in [0.29, 0.717) is 32.6 Å². The third-order valence-corrected chi connectivity index (χ3v) is 6.00. The van der Waals surface area contributed by atoms with Gasteiger partial charge in [-0.1, -0.05) is 60.7 Å². The molecular weight excluding hydrogens is 366 g/mol. The van der Waals surface area contributed by atoms with E-state index in [1.54, 1.807) is 0 Å². The lowest BCUT2D eigenvalue weighted by Crippen LogP contribution is -2.66. The summed E-state index contributed by atoms with van der Waals surface area (Å²) in [6, 6.07) is 19.9. The van der Waals surface area contributed by atoms with Crippen molar-refractivity contribution in [3.63, 3.8) is 0 Å². The summed E-state index contributed by atoms with van der Waals surface area (Å²) in [5.41, 5.74) is 2.12. The van der Waals surface area contributed by atoms with Crippen LogP contribution >= 0.6 is 0 Å². The number of carbonyl (C=O) groups is 1. The number of hydrogen-bond acceptors (Lipinski definition) is 5. The van der Waals surface area contributed by atoms with E-state index in [1.165, 1.54) is 0 Å². The van der Waals surface area contributed by atoms with Crippen molar-refractivity contribution in [1.82, 2.24) is 4.90 Å². The highest BCUT2D eigenvalue weighted by Crippen LogP contribution is 2.33. The molecule has 5 atom stereocenters. The van der Waals surface area contributed by atoms with Gasteiger partial charge in [0.1, 0.15) is 18.0 Å². The summed E-state index contributed by atoms with van der Waals surface area (Å²) in [5.74, 6) is 0.255. The summed E-state index contributed by atoms with van der Waals surface area (Å²) < 4.78 is 12.5. The minimum absolute atomic E-state index is 0.0702. The van der Waals surface area contributed by atoms with Crippen molar-refractivity contribution < 1.29 is 19.4 Å². The lowest BCUT2D eigenvalue weighted by atomic mass is 9.84. The molecule has 2 heterocycles. The van der Waals surface area contributed by atoms with Gasteiger partial charge in [-0.15, -0.1) is 0 Å². The Morgan fingerprint density at radius 1 is 0.897 bits per heavy atom. The van der Waals surface area contributed by atoms with E-state index >= 15 is 0 Å². The monoisotopic (exact) mass is 395 g/mol. The number of aliphatic hydroxyl groups excluding tert-OH is 1. The Morgan fingerprint density at radius 3 is 2.03 bits per heavy atom. The molecule has 2 saturated heterocycles. The number of aliphatic hydroxyl groups is 1. The second-order valence-corrected chi connectivity index (χ2v) is 8.15. The van der Waals surface area contributed by atoms with E-state index in [2.05, 4.69) is 11.8 Å². The fourth-order valence-electron chi connectivity index (χ4n) is 4.53. The first-order valence-electron chi connectivity index (χ1n) is 10.4. The van der Waals surface area contributed by atoms with Crippen LogP contribution in [0.25, 0.3) is 0 Å². The van der Waals surface area contributed by atoms with Gasteiger partial charge in [0.2, 0.25) is 0 Å². The maximum Gasteiger partial charge on any atom is 0.136 e. The van der Waals surface area contributed by atoms with Crippen LogP contribution < -0.4 is 0 Å². The van der Waals surface area contributed by atoms with Gasteiger partial charge in [-0.05, 0) is 18.1 Å². The minimum Gasteiger partial charge on any atom is -0.389 e. The van der Waals surface area contributed by atoms with Crippen molar-refractivity contribution in [1.29, 1.82) is 0 Å². The smallest absolute Gasteiger partial charge is 0.136 e. The number of rotatable bonds is 6. The zero-order valence-electron chi connectivity index (χ0n) is 16.8. The van der Waals surface area contributed by atoms with Gasteiger partial charge in [0.15, 0.2) is 0 Å². The summed E-state index contributed by atoms with van der Waals surface area (Å²) in [6.45, 7) is 3.39. The maximum atomic E-state index is 12.3. The van der Waals surface area contributed by atoms with Crippen molar-refractivity contribution in [2.45, 2.75) is 63.4 Å². The second-order valence-electron chi connectivity index (χ2n) is 8.15. The molecule has 2 aliphatic rings. The van der Waals surface area contributed by atoms with E-state index in [-0.39, 0.29) is 24.0 Å². The van der Waals surface area contributed by atoms with Gasteiger partial charge in [-0.2, -0.15) is 0 Å². The van der Waals surface area contributed by atoms with Gasteiger partial charge in [0, 0.05) is 31.5 Å². The van der Waals surface area contributed by atoms with Crippen LogP contribution in [0.4, 0.5) is 0 Å². The third kappa shape index (κ3) is 4.75. The fraction of sp³-hybridized carbons (Fsp3) is 0.458. The highest BCUT2D eigenvalue weighted by atomic mass is 16.5. The van der Waals surface area contributed by atoms with Crippen LogP contribution in [-0.4, -0.2) is 52.7 Å². The third-order valence-electron chi connectivity index (χ3n) is 6.00. The van der Waals surface area contributed by atoms with E-state index in [9.17, 15) is 9.90 Å². The molecule has 1 N–H and O–H groups in total. The molecular formula is C24H29NO4. The maximum absolute atomic E-state index is 12.3. The number of carbonyl (C=O) groups excluding carboxylic acids is 1. The summed E-state index contributed by atoms with van der Waals surface area (Å²) in [5, 5.41) is 10.9. The average Bonchev–Trinajstić information content (AvgIpc) is 2.73. The molecule has 0 aliphatic carbocycles. The molecule has 2 aliphatic heterocycles. The quantitative estimate of drug-likeness (QED) is 0.815. The molecule has 2 fully saturated rings. The van der Waals surface area contributed by atoms with Gasteiger partial charge in [-0.25, -0.2) is 0 Å². The van der Waals surface area contributed by atoms with Crippen LogP contribution in [0.15, 0.2) is 60.7 Å². The normalized spacial score (nSPS) is 30.1. The molecule has 4 rings (SSSR count). The van der Waals surface area contributed by atoms with Crippen molar-refractivity contribution in [2.24, 2.45) is 0 Å². The van der Waals surface area contributed by atoms with Crippen LogP contribution in [0.2, 0.25) is 0 Å². The molecule has 0 bridgehead atoms. The molecule has 0 aromatic heterocycles. The molecule has 2 aromatic rings. The minimum atomic E-state index is -0.661. The highest BCUT2D eigenvalue weighted by molar-refractivity contribution is 5.80. The molecule has 0 unspecified atom stereocenters. The molecule has 0 spiro atoms. The van der Waals surface area contributed by atoms with Gasteiger partial charge in [0.25, 0.3) is 0 Å². The van der Waals surface area contributed by atoms with Crippen LogP contribution in [0.3, 0.4) is 0 Å². The first-order chi connectivity index (χ1) is 14.1. The highest BCUT2D eigenvalue weighted by Gasteiger charge is 2.48. The van der Waals surface area contributed by atoms with Crippen LogP contribution in [0.1, 0.15) is 30.9 Å². The van der Waals surface area contributed by atoms with Crippen molar-refractivity contribution in [2.75, 3.05) is 6.54 Å². The van der Waals surface area contributed by atoms with E-state index in [4.69, 9.17) is 9.47 Å². The van der Waals surface area contributed by atoms with Gasteiger partial charge in [-0.3, -0.25) is 9.69 Å². The van der Waals surface area contributed by atoms with Gasteiger partial charge >= 0.3 is 0 Å². The largest absolute Gasteiger partial charge is 0.389 e. The summed E-state index contributed by atoms with van der Waals surface area (Å²) in [4.78, 5) is 14.6. The lowest BCUT2D eigenvalue weighted by Gasteiger charge is -2.51. The SMILES string of the molecule is C[C@@H]1CC(=O)C[C@H]2[C@@H](OCc3ccccc3)[C@H](OCc3ccccc3)[C@H](O)CN12. The Labute approximate surface area is 172 Å². The van der Waals surface area contributed by atoms with Gasteiger partial charge < -0.3 is 14.6 Å². The van der Waals surface area contributed by atoms with E-state index < -0.39 is 12.2 Å². The van der Waals surface area contributed by atoms with Crippen LogP contribution in [0.5, 0.6) is 0 Å². The fourth-order valence-corrected chi connectivity index (χ4v) is 4.53. The number of nitrogens with zero attached hydrogens (tertiary/aromatic N) is 1. The molecule has 5 nitrogen and oxygen atoms in total. The Morgan fingerprint density at radius 2 is 1.45 bits per heavy atom. The summed E-state index contributed by atoms with van der Waals surface area (Å²) in [6.07, 6.45) is -0.523. The standard InChI is InChI=1S/C24H29NO4/c1-17-12-20(26)13-21-23(28-15-18-8-4-2-5-9-18)24(22(27)14-25(17)21)29-16-19-10-6-3-7-11-19/h2-11,17,21-24,27H,12-16H2,1H3/t17-,21+,22-,23-,24-/m1/s1. The predicted octanol–water partition coefficient (Wildman–Crippen LogP) is 2.95. The number of ether oxygens (including phenoxy) is 2. The number of fused-ring (bicyclic) bond motifs is 1. The molecule has 2 aromatic carbocycles. The Kier molecular flexibility index (Phi) is 6.40. The summed E-state index contributed by atoms with van der Waals surface area (Å²) in [7, 11) is 0. The second kappa shape index (κ2) is 9.18.